The minimum atomic E-state index is -0.0738. The van der Waals surface area contributed by atoms with E-state index in [4.69, 9.17) is 4.74 Å². The van der Waals surface area contributed by atoms with Crippen LogP contribution in [0.2, 0.25) is 0 Å². The summed E-state index contributed by atoms with van der Waals surface area (Å²) in [4.78, 5) is 4.51. The molecule has 0 fully saturated rings. The van der Waals surface area contributed by atoms with Crippen LogP contribution in [0.5, 0.6) is 0 Å². The van der Waals surface area contributed by atoms with Crippen LogP contribution < -0.4 is 5.32 Å². The molecule has 0 saturated heterocycles. The summed E-state index contributed by atoms with van der Waals surface area (Å²) in [5.74, 6) is 0. The summed E-state index contributed by atoms with van der Waals surface area (Å²) in [5.41, 5.74) is 2.26. The number of hydrogen-bond acceptors (Lipinski definition) is 4. The molecule has 0 aliphatic rings. The molecule has 0 saturated carbocycles. The highest BCUT2D eigenvalue weighted by Gasteiger charge is 2.19. The van der Waals surface area contributed by atoms with Gasteiger partial charge in [0.1, 0.15) is 0 Å². The minimum absolute atomic E-state index is 0.0738. The fraction of sp³-hybridized carbons (Fsp3) is 0.533. The van der Waals surface area contributed by atoms with E-state index < -0.39 is 0 Å². The normalized spacial score (nSPS) is 13.9. The lowest BCUT2D eigenvalue weighted by Crippen LogP contribution is -2.26. The molecule has 0 amide bonds. The van der Waals surface area contributed by atoms with Gasteiger partial charge < -0.3 is 10.1 Å². The first-order valence-electron chi connectivity index (χ1n) is 6.61. The zero-order chi connectivity index (χ0) is 13.9. The Morgan fingerprint density at radius 1 is 1.47 bits per heavy atom. The van der Waals surface area contributed by atoms with Crippen LogP contribution >= 0.6 is 11.3 Å². The number of nitrogens with one attached hydrogen (secondary N) is 1. The Labute approximate surface area is 119 Å². The average Bonchev–Trinajstić information content (AvgIpc) is 2.87. The highest BCUT2D eigenvalue weighted by Crippen LogP contribution is 2.27. The highest BCUT2D eigenvalue weighted by atomic mass is 32.1. The van der Waals surface area contributed by atoms with Gasteiger partial charge in [-0.25, -0.2) is 0 Å². The van der Waals surface area contributed by atoms with Crippen molar-refractivity contribution in [2.75, 3.05) is 14.2 Å². The van der Waals surface area contributed by atoms with Gasteiger partial charge in [0.25, 0.3) is 0 Å². The Morgan fingerprint density at radius 2 is 2.26 bits per heavy atom. The van der Waals surface area contributed by atoms with Gasteiger partial charge in [0, 0.05) is 19.3 Å². The number of nitrogens with zero attached hydrogens (tertiary/aromatic N) is 1. The molecule has 0 bridgehead atoms. The second-order valence-corrected chi connectivity index (χ2v) is 6.36. The van der Waals surface area contributed by atoms with Crippen LogP contribution in [0.4, 0.5) is 0 Å². The van der Waals surface area contributed by atoms with Gasteiger partial charge in [-0.3, -0.25) is 4.98 Å². The Bertz CT molecular complexity index is 536. The standard InChI is InChI=1S/C15H22N2OS/c1-15(2,18-4)7-5-12(16-3)11-9-14-13(17-10-11)6-8-19-14/h6,8-10,12,16H,5,7H2,1-4H3. The molecule has 2 heterocycles. The van der Waals surface area contributed by atoms with Crippen molar-refractivity contribution in [1.82, 2.24) is 10.3 Å². The fourth-order valence-corrected chi connectivity index (χ4v) is 2.91. The van der Waals surface area contributed by atoms with Crippen molar-refractivity contribution in [3.05, 3.63) is 29.3 Å². The quantitative estimate of drug-likeness (QED) is 0.873. The van der Waals surface area contributed by atoms with E-state index in [0.29, 0.717) is 6.04 Å². The van der Waals surface area contributed by atoms with E-state index >= 15 is 0 Å². The molecule has 104 valence electrons. The molecule has 0 aromatic carbocycles. The SMILES string of the molecule is CNC(CCC(C)(C)OC)c1cnc2ccsc2c1. The van der Waals surface area contributed by atoms with E-state index in [1.165, 1.54) is 10.3 Å². The molecule has 4 heteroatoms. The van der Waals surface area contributed by atoms with Gasteiger partial charge in [-0.2, -0.15) is 0 Å². The number of fused-ring (bicyclic) bond motifs is 1. The van der Waals surface area contributed by atoms with Crippen molar-refractivity contribution >= 4 is 21.6 Å². The van der Waals surface area contributed by atoms with E-state index in [-0.39, 0.29) is 5.60 Å². The molecule has 1 unspecified atom stereocenters. The van der Waals surface area contributed by atoms with Crippen LogP contribution in [-0.2, 0) is 4.74 Å². The lowest BCUT2D eigenvalue weighted by Gasteiger charge is -2.26. The largest absolute Gasteiger partial charge is 0.379 e. The lowest BCUT2D eigenvalue weighted by molar-refractivity contribution is 0.0118. The van der Waals surface area contributed by atoms with Gasteiger partial charge in [0.2, 0.25) is 0 Å². The molecule has 3 nitrogen and oxygen atoms in total. The molecule has 1 N–H and O–H groups in total. The number of ether oxygens (including phenoxy) is 1. The Hall–Kier alpha value is -0.970. The monoisotopic (exact) mass is 278 g/mol. The second-order valence-electron chi connectivity index (χ2n) is 5.42. The van der Waals surface area contributed by atoms with Gasteiger partial charge in [-0.05, 0) is 56.8 Å². The third kappa shape index (κ3) is 3.53. The van der Waals surface area contributed by atoms with Gasteiger partial charge in [-0.15, -0.1) is 11.3 Å². The molecule has 2 rings (SSSR count). The zero-order valence-corrected chi connectivity index (χ0v) is 12.9. The first kappa shape index (κ1) is 14.4. The van der Waals surface area contributed by atoms with E-state index in [9.17, 15) is 0 Å². The Balaban J connectivity index is 2.12. The number of aromatic nitrogens is 1. The third-order valence-electron chi connectivity index (χ3n) is 3.66. The third-order valence-corrected chi connectivity index (χ3v) is 4.52. The minimum Gasteiger partial charge on any atom is -0.379 e. The van der Waals surface area contributed by atoms with Crippen LogP contribution in [-0.4, -0.2) is 24.7 Å². The predicted molar refractivity (Wildman–Crippen MR) is 81.7 cm³/mol. The molecule has 2 aromatic rings. The van der Waals surface area contributed by atoms with E-state index in [2.05, 4.69) is 41.7 Å². The lowest BCUT2D eigenvalue weighted by atomic mass is 9.95. The summed E-state index contributed by atoms with van der Waals surface area (Å²) in [6, 6.07) is 4.63. The molecule has 1 atom stereocenters. The molecule has 19 heavy (non-hydrogen) atoms. The predicted octanol–water partition coefficient (Wildman–Crippen LogP) is 3.76. The van der Waals surface area contributed by atoms with Crippen LogP contribution in [0, 0.1) is 0 Å². The zero-order valence-electron chi connectivity index (χ0n) is 12.1. The molecule has 0 radical (unpaired) electrons. The maximum absolute atomic E-state index is 5.48. The molecular formula is C15H22N2OS. The first-order valence-corrected chi connectivity index (χ1v) is 7.49. The van der Waals surface area contributed by atoms with Crippen LogP contribution in [0.25, 0.3) is 10.2 Å². The van der Waals surface area contributed by atoms with Crippen molar-refractivity contribution in [3.63, 3.8) is 0 Å². The van der Waals surface area contributed by atoms with Crippen LogP contribution in [0.3, 0.4) is 0 Å². The van der Waals surface area contributed by atoms with Gasteiger partial charge >= 0.3 is 0 Å². The number of hydrogen-bond donors (Lipinski definition) is 1. The summed E-state index contributed by atoms with van der Waals surface area (Å²) >= 11 is 1.74. The number of pyridine rings is 1. The van der Waals surface area contributed by atoms with Crippen LogP contribution in [0.15, 0.2) is 23.7 Å². The second kappa shape index (κ2) is 5.99. The fourth-order valence-electron chi connectivity index (χ4n) is 2.12. The number of rotatable bonds is 6. The smallest absolute Gasteiger partial charge is 0.0809 e. The molecule has 0 aliphatic carbocycles. The van der Waals surface area contributed by atoms with Crippen molar-refractivity contribution in [2.24, 2.45) is 0 Å². The van der Waals surface area contributed by atoms with Crippen molar-refractivity contribution < 1.29 is 4.74 Å². The molecule has 0 spiro atoms. The van der Waals surface area contributed by atoms with E-state index in [1.54, 1.807) is 18.4 Å². The van der Waals surface area contributed by atoms with Crippen molar-refractivity contribution in [1.29, 1.82) is 0 Å². The number of thiophene rings is 1. The summed E-state index contributed by atoms with van der Waals surface area (Å²) in [6.45, 7) is 4.25. The summed E-state index contributed by atoms with van der Waals surface area (Å²) in [7, 11) is 3.77. The molecule has 0 aliphatic heterocycles. The Morgan fingerprint density at radius 3 is 2.95 bits per heavy atom. The summed E-state index contributed by atoms with van der Waals surface area (Å²) < 4.78 is 6.74. The van der Waals surface area contributed by atoms with Crippen molar-refractivity contribution in [2.45, 2.75) is 38.3 Å². The van der Waals surface area contributed by atoms with E-state index in [1.807, 2.05) is 13.2 Å². The van der Waals surface area contributed by atoms with Crippen LogP contribution in [0.1, 0.15) is 38.3 Å². The maximum Gasteiger partial charge on any atom is 0.0809 e. The summed E-state index contributed by atoms with van der Waals surface area (Å²) in [5, 5.41) is 5.47. The average molecular weight is 278 g/mol. The number of methoxy groups -OCH3 is 1. The maximum atomic E-state index is 5.48. The Kier molecular flexibility index (Phi) is 4.55. The topological polar surface area (TPSA) is 34.1 Å². The molecule has 2 aromatic heterocycles. The van der Waals surface area contributed by atoms with Gasteiger partial charge in [-0.1, -0.05) is 0 Å². The van der Waals surface area contributed by atoms with Gasteiger partial charge in [0.15, 0.2) is 0 Å². The van der Waals surface area contributed by atoms with E-state index in [0.717, 1.165) is 18.4 Å². The molecular weight excluding hydrogens is 256 g/mol. The van der Waals surface area contributed by atoms with Crippen molar-refractivity contribution in [3.8, 4) is 0 Å². The first-order chi connectivity index (χ1) is 9.05. The van der Waals surface area contributed by atoms with Gasteiger partial charge in [0.05, 0.1) is 15.8 Å². The summed E-state index contributed by atoms with van der Waals surface area (Å²) in [6.07, 6.45) is 4.03. The highest BCUT2D eigenvalue weighted by molar-refractivity contribution is 7.17.